The van der Waals surface area contributed by atoms with Crippen molar-refractivity contribution in [1.82, 2.24) is 4.90 Å². The first-order valence-corrected chi connectivity index (χ1v) is 7.73. The monoisotopic (exact) mass is 290 g/mol. The highest BCUT2D eigenvalue weighted by Crippen LogP contribution is 2.27. The van der Waals surface area contributed by atoms with Crippen LogP contribution in [0.25, 0.3) is 0 Å². The molecule has 2 rings (SSSR count). The van der Waals surface area contributed by atoms with Crippen LogP contribution in [0.4, 0.5) is 10.5 Å². The van der Waals surface area contributed by atoms with E-state index in [-0.39, 0.29) is 18.7 Å². The summed E-state index contributed by atoms with van der Waals surface area (Å²) in [5.74, 6) is 0.414. The van der Waals surface area contributed by atoms with Gasteiger partial charge in [0.05, 0.1) is 0 Å². The third-order valence-corrected chi connectivity index (χ3v) is 4.58. The molecule has 0 atom stereocenters. The molecule has 1 saturated carbocycles. The van der Waals surface area contributed by atoms with Crippen molar-refractivity contribution in [2.75, 3.05) is 19.0 Å². The van der Waals surface area contributed by atoms with Crippen LogP contribution in [0, 0.1) is 19.8 Å². The Balaban J connectivity index is 1.95. The number of rotatable bonds is 3. The van der Waals surface area contributed by atoms with E-state index in [1.54, 1.807) is 0 Å². The number of aliphatic hydroxyl groups excluding tert-OH is 1. The molecule has 0 radical (unpaired) electrons. The SMILES string of the molecule is Cc1ccc(C)c(NC(=O)N(C)C2CCC(CO)CC2)c1. The molecule has 0 bridgehead atoms. The van der Waals surface area contributed by atoms with Gasteiger partial charge in [-0.2, -0.15) is 0 Å². The molecule has 4 nitrogen and oxygen atoms in total. The van der Waals surface area contributed by atoms with Crippen LogP contribution < -0.4 is 5.32 Å². The third-order valence-electron chi connectivity index (χ3n) is 4.58. The molecule has 1 aromatic carbocycles. The van der Waals surface area contributed by atoms with Gasteiger partial charge in [0.2, 0.25) is 0 Å². The first kappa shape index (κ1) is 15.8. The standard InChI is InChI=1S/C17H26N2O2/c1-12-4-5-13(2)16(10-12)18-17(21)19(3)15-8-6-14(11-20)7-9-15/h4-5,10,14-15,20H,6-9,11H2,1-3H3,(H,18,21). The van der Waals surface area contributed by atoms with E-state index >= 15 is 0 Å². The lowest BCUT2D eigenvalue weighted by Crippen LogP contribution is -2.42. The molecule has 1 fully saturated rings. The van der Waals surface area contributed by atoms with Gasteiger partial charge >= 0.3 is 6.03 Å². The zero-order valence-corrected chi connectivity index (χ0v) is 13.2. The fourth-order valence-electron chi connectivity index (χ4n) is 2.95. The summed E-state index contributed by atoms with van der Waals surface area (Å²) in [6.07, 6.45) is 3.95. The van der Waals surface area contributed by atoms with E-state index < -0.39 is 0 Å². The van der Waals surface area contributed by atoms with Gasteiger partial charge in [-0.05, 0) is 62.6 Å². The van der Waals surface area contributed by atoms with E-state index in [0.29, 0.717) is 5.92 Å². The largest absolute Gasteiger partial charge is 0.396 e. The fourth-order valence-corrected chi connectivity index (χ4v) is 2.95. The Morgan fingerprint density at radius 2 is 1.95 bits per heavy atom. The Labute approximate surface area is 127 Å². The van der Waals surface area contributed by atoms with Crippen LogP contribution in [0.1, 0.15) is 36.8 Å². The van der Waals surface area contributed by atoms with Crippen LogP contribution in [0.5, 0.6) is 0 Å². The van der Waals surface area contributed by atoms with Crippen LogP contribution in [0.3, 0.4) is 0 Å². The summed E-state index contributed by atoms with van der Waals surface area (Å²) in [5.41, 5.74) is 3.10. The van der Waals surface area contributed by atoms with Crippen molar-refractivity contribution in [3.8, 4) is 0 Å². The molecule has 0 unspecified atom stereocenters. The number of aryl methyl sites for hydroxylation is 2. The van der Waals surface area contributed by atoms with Crippen molar-refractivity contribution in [1.29, 1.82) is 0 Å². The molecule has 1 aliphatic carbocycles. The maximum atomic E-state index is 12.4. The Hall–Kier alpha value is -1.55. The van der Waals surface area contributed by atoms with Crippen molar-refractivity contribution in [3.05, 3.63) is 29.3 Å². The number of carbonyl (C=O) groups is 1. The summed E-state index contributed by atoms with van der Waals surface area (Å²) in [5, 5.41) is 12.2. The van der Waals surface area contributed by atoms with Gasteiger partial charge in [-0.25, -0.2) is 4.79 Å². The first-order chi connectivity index (χ1) is 10.0. The predicted octanol–water partition coefficient (Wildman–Crippen LogP) is 3.32. The first-order valence-electron chi connectivity index (χ1n) is 7.73. The predicted molar refractivity (Wildman–Crippen MR) is 85.5 cm³/mol. The summed E-state index contributed by atoms with van der Waals surface area (Å²) >= 11 is 0. The lowest BCUT2D eigenvalue weighted by Gasteiger charge is -2.34. The highest BCUT2D eigenvalue weighted by atomic mass is 16.3. The molecular formula is C17H26N2O2. The highest BCUT2D eigenvalue weighted by Gasteiger charge is 2.26. The second kappa shape index (κ2) is 6.94. The summed E-state index contributed by atoms with van der Waals surface area (Å²) in [4.78, 5) is 14.2. The minimum Gasteiger partial charge on any atom is -0.396 e. The number of nitrogens with one attached hydrogen (secondary N) is 1. The second-order valence-electron chi connectivity index (χ2n) is 6.22. The van der Waals surface area contributed by atoms with E-state index in [1.807, 2.05) is 44.0 Å². The highest BCUT2D eigenvalue weighted by molar-refractivity contribution is 5.90. The van der Waals surface area contributed by atoms with Crippen LogP contribution in [0.15, 0.2) is 18.2 Å². The van der Waals surface area contributed by atoms with Crippen LogP contribution in [-0.2, 0) is 0 Å². The average Bonchev–Trinajstić information content (AvgIpc) is 2.50. The van der Waals surface area contributed by atoms with E-state index in [1.165, 1.54) is 0 Å². The van der Waals surface area contributed by atoms with Gasteiger partial charge in [0.25, 0.3) is 0 Å². The molecule has 4 heteroatoms. The molecule has 2 amide bonds. The summed E-state index contributed by atoms with van der Waals surface area (Å²) < 4.78 is 0. The Morgan fingerprint density at radius 1 is 1.29 bits per heavy atom. The second-order valence-corrected chi connectivity index (χ2v) is 6.22. The molecule has 2 N–H and O–H groups in total. The van der Waals surface area contributed by atoms with Gasteiger partial charge in [-0.1, -0.05) is 12.1 Å². The van der Waals surface area contributed by atoms with Crippen LogP contribution >= 0.6 is 0 Å². The van der Waals surface area contributed by atoms with Crippen molar-refractivity contribution in [2.24, 2.45) is 5.92 Å². The van der Waals surface area contributed by atoms with E-state index in [2.05, 4.69) is 5.32 Å². The Bertz CT molecular complexity index is 494. The molecule has 1 aliphatic rings. The summed E-state index contributed by atoms with van der Waals surface area (Å²) in [6.45, 7) is 4.29. The third kappa shape index (κ3) is 3.97. The van der Waals surface area contributed by atoms with Gasteiger partial charge in [-0.3, -0.25) is 0 Å². The number of nitrogens with zero attached hydrogens (tertiary/aromatic N) is 1. The number of hydrogen-bond acceptors (Lipinski definition) is 2. The maximum Gasteiger partial charge on any atom is 0.321 e. The minimum absolute atomic E-state index is 0.0452. The molecule has 116 valence electrons. The van der Waals surface area contributed by atoms with E-state index in [4.69, 9.17) is 0 Å². The van der Waals surface area contributed by atoms with Crippen LogP contribution in [0.2, 0.25) is 0 Å². The Kier molecular flexibility index (Phi) is 5.23. The summed E-state index contributed by atoms with van der Waals surface area (Å²) in [6, 6.07) is 6.31. The van der Waals surface area contributed by atoms with Gasteiger partial charge in [-0.15, -0.1) is 0 Å². The van der Waals surface area contributed by atoms with Gasteiger partial charge in [0.1, 0.15) is 0 Å². The number of amides is 2. The zero-order valence-electron chi connectivity index (χ0n) is 13.2. The van der Waals surface area contributed by atoms with Crippen molar-refractivity contribution >= 4 is 11.7 Å². The maximum absolute atomic E-state index is 12.4. The van der Waals surface area contributed by atoms with Crippen molar-refractivity contribution < 1.29 is 9.90 Å². The van der Waals surface area contributed by atoms with Crippen molar-refractivity contribution in [2.45, 2.75) is 45.6 Å². The number of carbonyl (C=O) groups excluding carboxylic acids is 1. The average molecular weight is 290 g/mol. The molecule has 0 heterocycles. The number of hydrogen-bond donors (Lipinski definition) is 2. The number of urea groups is 1. The van der Waals surface area contributed by atoms with E-state index in [9.17, 15) is 9.90 Å². The van der Waals surface area contributed by atoms with Gasteiger partial charge in [0.15, 0.2) is 0 Å². The quantitative estimate of drug-likeness (QED) is 0.897. The lowest BCUT2D eigenvalue weighted by atomic mass is 9.86. The smallest absolute Gasteiger partial charge is 0.321 e. The molecular weight excluding hydrogens is 264 g/mol. The lowest BCUT2D eigenvalue weighted by molar-refractivity contribution is 0.139. The van der Waals surface area contributed by atoms with Crippen molar-refractivity contribution in [3.63, 3.8) is 0 Å². The number of benzene rings is 1. The van der Waals surface area contributed by atoms with Gasteiger partial charge in [0, 0.05) is 25.4 Å². The molecule has 0 aromatic heterocycles. The normalized spacial score (nSPS) is 21.9. The fraction of sp³-hybridized carbons (Fsp3) is 0.588. The molecule has 0 saturated heterocycles. The minimum atomic E-state index is -0.0452. The topological polar surface area (TPSA) is 52.6 Å². The van der Waals surface area contributed by atoms with Crippen LogP contribution in [-0.4, -0.2) is 35.7 Å². The molecule has 21 heavy (non-hydrogen) atoms. The molecule has 0 aliphatic heterocycles. The number of anilines is 1. The summed E-state index contributed by atoms with van der Waals surface area (Å²) in [7, 11) is 1.87. The van der Waals surface area contributed by atoms with E-state index in [0.717, 1.165) is 42.5 Å². The number of aliphatic hydroxyl groups is 1. The van der Waals surface area contributed by atoms with Gasteiger partial charge < -0.3 is 15.3 Å². The molecule has 1 aromatic rings. The Morgan fingerprint density at radius 3 is 2.57 bits per heavy atom. The zero-order chi connectivity index (χ0) is 15.4. The molecule has 0 spiro atoms.